The predicted molar refractivity (Wildman–Crippen MR) is 117 cm³/mol. The lowest BCUT2D eigenvalue weighted by atomic mass is 9.96. The fourth-order valence-electron chi connectivity index (χ4n) is 3.28. The van der Waals surface area contributed by atoms with E-state index in [9.17, 15) is 14.3 Å². The van der Waals surface area contributed by atoms with Gasteiger partial charge in [0.1, 0.15) is 23.2 Å². The van der Waals surface area contributed by atoms with Crippen molar-refractivity contribution in [1.82, 2.24) is 4.98 Å². The summed E-state index contributed by atoms with van der Waals surface area (Å²) in [4.78, 5) is 19.7. The Bertz CT molecular complexity index is 1130. The van der Waals surface area contributed by atoms with Crippen LogP contribution in [0.15, 0.2) is 51.9 Å². The highest BCUT2D eigenvalue weighted by Gasteiger charge is 2.43. The topological polar surface area (TPSA) is 74.7 Å². The molecule has 29 heavy (non-hydrogen) atoms. The second kappa shape index (κ2) is 7.84. The van der Waals surface area contributed by atoms with E-state index in [-0.39, 0.29) is 18.8 Å². The maximum atomic E-state index is 13.4. The van der Waals surface area contributed by atoms with Crippen LogP contribution in [0.25, 0.3) is 10.9 Å². The van der Waals surface area contributed by atoms with Gasteiger partial charge in [0.2, 0.25) is 0 Å². The van der Waals surface area contributed by atoms with Gasteiger partial charge in [-0.1, -0.05) is 15.9 Å². The molecule has 0 saturated carbocycles. The van der Waals surface area contributed by atoms with E-state index in [4.69, 9.17) is 4.74 Å². The number of H-pyrrole nitrogens is 1. The Morgan fingerprint density at radius 2 is 2.17 bits per heavy atom. The number of rotatable bonds is 6. The average molecular weight is 477 g/mol. The minimum absolute atomic E-state index is 0.201. The highest BCUT2D eigenvalue weighted by molar-refractivity contribution is 9.10. The number of ether oxygens (including phenoxy) is 1. The van der Waals surface area contributed by atoms with E-state index in [0.717, 1.165) is 15.4 Å². The van der Waals surface area contributed by atoms with Crippen LogP contribution < -0.4 is 4.74 Å². The third kappa shape index (κ3) is 4.18. The van der Waals surface area contributed by atoms with Crippen molar-refractivity contribution >= 4 is 49.6 Å². The molecule has 1 unspecified atom stereocenters. The first kappa shape index (κ1) is 20.0. The molecule has 2 heterocycles. The number of halogens is 2. The van der Waals surface area contributed by atoms with Gasteiger partial charge in [-0.2, -0.15) is 0 Å². The van der Waals surface area contributed by atoms with Gasteiger partial charge in [-0.3, -0.25) is 4.99 Å². The molecule has 1 atom stereocenters. The van der Waals surface area contributed by atoms with Gasteiger partial charge in [-0.15, -0.1) is 11.8 Å². The predicted octanol–water partition coefficient (Wildman–Crippen LogP) is 4.97. The number of hydrogen-bond donors (Lipinski definition) is 2. The summed E-state index contributed by atoms with van der Waals surface area (Å²) < 4.78 is 20.2. The van der Waals surface area contributed by atoms with Gasteiger partial charge in [0.05, 0.1) is 0 Å². The summed E-state index contributed by atoms with van der Waals surface area (Å²) in [6, 6.07) is 12.0. The van der Waals surface area contributed by atoms with Crippen molar-refractivity contribution < 1.29 is 19.0 Å². The van der Waals surface area contributed by atoms with Gasteiger partial charge in [-0.25, -0.2) is 9.18 Å². The number of aryl methyl sites for hydroxylation is 1. The first-order chi connectivity index (χ1) is 13.8. The lowest BCUT2D eigenvalue weighted by Gasteiger charge is -2.19. The number of aliphatic imine (C=N–C) groups is 1. The fraction of sp³-hybridized carbons (Fsp3) is 0.238. The molecule has 3 aromatic rings. The molecular formula is C21H18BrFN2O3S. The van der Waals surface area contributed by atoms with Crippen molar-refractivity contribution in [2.45, 2.75) is 18.9 Å². The summed E-state index contributed by atoms with van der Waals surface area (Å²) in [5.74, 6) is -0.288. The van der Waals surface area contributed by atoms with Crippen LogP contribution in [0.1, 0.15) is 11.3 Å². The molecule has 0 saturated heterocycles. The minimum Gasteiger partial charge on any atom is -0.487 e. The fourth-order valence-corrected chi connectivity index (χ4v) is 4.60. The Balaban J connectivity index is 1.52. The molecule has 0 radical (unpaired) electrons. The number of nitrogens with zero attached hydrogens (tertiary/aromatic N) is 1. The molecule has 5 nitrogen and oxygen atoms in total. The second-order valence-electron chi connectivity index (χ2n) is 7.03. The number of aliphatic carboxylic acids is 1. The molecule has 1 aromatic heterocycles. The Labute approximate surface area is 179 Å². The molecule has 4 rings (SSSR count). The van der Waals surface area contributed by atoms with E-state index >= 15 is 0 Å². The number of carboxylic acids is 1. The molecule has 8 heteroatoms. The Hall–Kier alpha value is -2.32. The van der Waals surface area contributed by atoms with Crippen LogP contribution in [0.3, 0.4) is 0 Å². The zero-order valence-electron chi connectivity index (χ0n) is 15.5. The van der Waals surface area contributed by atoms with Gasteiger partial charge in [-0.05, 0) is 60.3 Å². The van der Waals surface area contributed by atoms with E-state index in [1.165, 1.54) is 23.9 Å². The van der Waals surface area contributed by atoms with E-state index < -0.39 is 11.5 Å². The van der Waals surface area contributed by atoms with Crippen molar-refractivity contribution in [3.63, 3.8) is 0 Å². The maximum Gasteiger partial charge on any atom is 0.332 e. The quantitative estimate of drug-likeness (QED) is 0.526. The van der Waals surface area contributed by atoms with Gasteiger partial charge in [0.15, 0.2) is 5.54 Å². The van der Waals surface area contributed by atoms with Crippen molar-refractivity contribution in [3.05, 3.63) is 64.0 Å². The maximum absolute atomic E-state index is 13.4. The minimum atomic E-state index is -1.27. The molecule has 0 spiro atoms. The third-order valence-corrected chi connectivity index (χ3v) is 6.88. The number of aromatic amines is 1. The number of nitrogens with one attached hydrogen (secondary N) is 1. The lowest BCUT2D eigenvalue weighted by Crippen LogP contribution is -2.39. The number of thioether (sulfide) groups is 1. The van der Waals surface area contributed by atoms with Crippen LogP contribution in [-0.4, -0.2) is 39.0 Å². The van der Waals surface area contributed by atoms with Crippen LogP contribution in [0.4, 0.5) is 4.39 Å². The monoisotopic (exact) mass is 476 g/mol. The Kier molecular flexibility index (Phi) is 5.40. The summed E-state index contributed by atoms with van der Waals surface area (Å²) in [6.07, 6.45) is 0.201. The number of carbonyl (C=O) groups is 1. The molecule has 0 aliphatic carbocycles. The standard InChI is InChI=1S/C21H18BrFN2O3S/c1-12-6-16(4-5-17(12)22)28-10-19-25-21(11-29-19,20(26)27)9-15-7-13-2-3-14(23)8-18(13)24-15/h2-8,24H,9-11H2,1H3,(H,26,27). The van der Waals surface area contributed by atoms with Crippen LogP contribution >= 0.6 is 27.7 Å². The average Bonchev–Trinajstić information content (AvgIpc) is 3.27. The van der Waals surface area contributed by atoms with Crippen molar-refractivity contribution in [1.29, 1.82) is 0 Å². The smallest absolute Gasteiger partial charge is 0.332 e. The molecule has 2 aromatic carbocycles. The van der Waals surface area contributed by atoms with Crippen LogP contribution in [-0.2, 0) is 11.2 Å². The summed E-state index contributed by atoms with van der Waals surface area (Å²) in [5, 5.41) is 11.4. The molecule has 0 amide bonds. The van der Waals surface area contributed by atoms with Gasteiger partial charge < -0.3 is 14.8 Å². The molecule has 1 aliphatic heterocycles. The van der Waals surface area contributed by atoms with Crippen molar-refractivity contribution in [2.24, 2.45) is 4.99 Å². The lowest BCUT2D eigenvalue weighted by molar-refractivity contribution is -0.142. The van der Waals surface area contributed by atoms with Crippen LogP contribution in [0.5, 0.6) is 5.75 Å². The van der Waals surface area contributed by atoms with Crippen molar-refractivity contribution in [3.8, 4) is 5.75 Å². The normalized spacial score (nSPS) is 18.8. The highest BCUT2D eigenvalue weighted by Crippen LogP contribution is 2.33. The largest absolute Gasteiger partial charge is 0.487 e. The zero-order chi connectivity index (χ0) is 20.6. The first-order valence-electron chi connectivity index (χ1n) is 8.96. The second-order valence-corrected chi connectivity index (χ2v) is 8.94. The number of hydrogen-bond acceptors (Lipinski definition) is 4. The van der Waals surface area contributed by atoms with Crippen LogP contribution in [0.2, 0.25) is 0 Å². The summed E-state index contributed by atoms with van der Waals surface area (Å²) in [7, 11) is 0. The molecule has 2 N–H and O–H groups in total. The van der Waals surface area contributed by atoms with Crippen LogP contribution in [0, 0.1) is 12.7 Å². The summed E-state index contributed by atoms with van der Waals surface area (Å²) >= 11 is 4.85. The van der Waals surface area contributed by atoms with E-state index in [0.29, 0.717) is 27.8 Å². The van der Waals surface area contributed by atoms with E-state index in [1.807, 2.05) is 31.2 Å². The summed E-state index contributed by atoms with van der Waals surface area (Å²) in [6.45, 7) is 2.19. The van der Waals surface area contributed by atoms with Gasteiger partial charge in [0, 0.05) is 27.9 Å². The van der Waals surface area contributed by atoms with E-state index in [1.54, 1.807) is 6.07 Å². The third-order valence-electron chi connectivity index (χ3n) is 4.83. The molecule has 0 bridgehead atoms. The summed E-state index contributed by atoms with van der Waals surface area (Å²) in [5.41, 5.74) is 1.14. The highest BCUT2D eigenvalue weighted by atomic mass is 79.9. The van der Waals surface area contributed by atoms with Gasteiger partial charge >= 0.3 is 5.97 Å². The van der Waals surface area contributed by atoms with E-state index in [2.05, 4.69) is 25.9 Å². The number of fused-ring (bicyclic) bond motifs is 1. The van der Waals surface area contributed by atoms with Crippen molar-refractivity contribution in [2.75, 3.05) is 12.4 Å². The SMILES string of the molecule is Cc1cc(OCC2=NC(Cc3cc4ccc(F)cc4[nH]3)(C(=O)O)CS2)ccc1Br. The molecule has 0 fully saturated rings. The number of benzene rings is 2. The zero-order valence-corrected chi connectivity index (χ0v) is 17.9. The molecule has 150 valence electrons. The Morgan fingerprint density at radius 3 is 2.93 bits per heavy atom. The molecule has 1 aliphatic rings. The first-order valence-corrected chi connectivity index (χ1v) is 10.7. The van der Waals surface area contributed by atoms with Gasteiger partial charge in [0.25, 0.3) is 0 Å². The Morgan fingerprint density at radius 1 is 1.34 bits per heavy atom. The number of aromatic nitrogens is 1. The molecular weight excluding hydrogens is 459 g/mol. The number of carboxylic acid groups (broad SMARTS) is 1.